The van der Waals surface area contributed by atoms with Gasteiger partial charge >= 0.3 is 0 Å². The van der Waals surface area contributed by atoms with Crippen LogP contribution in [0.3, 0.4) is 0 Å². The van der Waals surface area contributed by atoms with Crippen molar-refractivity contribution in [3.05, 3.63) is 0 Å². The maximum absolute atomic E-state index is 8.53. The third-order valence-corrected chi connectivity index (χ3v) is 2.69. The third kappa shape index (κ3) is 5.58. The van der Waals surface area contributed by atoms with Crippen molar-refractivity contribution in [1.29, 1.82) is 0 Å². The zero-order valence-corrected chi connectivity index (χ0v) is 9.00. The Morgan fingerprint density at radius 1 is 1.14 bits per heavy atom. The van der Waals surface area contributed by atoms with Crippen LogP contribution in [0.4, 0.5) is 0 Å². The van der Waals surface area contributed by atoms with E-state index in [2.05, 4.69) is 5.32 Å². The van der Waals surface area contributed by atoms with Crippen LogP contribution in [0.15, 0.2) is 0 Å². The number of ether oxygens (including phenoxy) is 1. The van der Waals surface area contributed by atoms with Crippen molar-refractivity contribution >= 4 is 0 Å². The Kier molecular flexibility index (Phi) is 7.01. The Hall–Kier alpha value is -0.120. The fraction of sp³-hybridized carbons (Fsp3) is 1.00. The van der Waals surface area contributed by atoms with Crippen molar-refractivity contribution in [2.24, 2.45) is 0 Å². The molecule has 0 radical (unpaired) electrons. The zero-order chi connectivity index (χ0) is 10.1. The second-order valence-electron chi connectivity index (χ2n) is 3.96. The third-order valence-electron chi connectivity index (χ3n) is 2.69. The monoisotopic (exact) mass is 201 g/mol. The van der Waals surface area contributed by atoms with Crippen molar-refractivity contribution in [2.45, 2.75) is 44.6 Å². The molecule has 1 rings (SSSR count). The lowest BCUT2D eigenvalue weighted by Crippen LogP contribution is -2.22. The molecule has 0 heterocycles. The van der Waals surface area contributed by atoms with Gasteiger partial charge in [-0.05, 0) is 25.8 Å². The van der Waals surface area contributed by atoms with Gasteiger partial charge in [-0.3, -0.25) is 0 Å². The van der Waals surface area contributed by atoms with Crippen molar-refractivity contribution in [3.63, 3.8) is 0 Å². The van der Waals surface area contributed by atoms with Crippen LogP contribution in [0.25, 0.3) is 0 Å². The van der Waals surface area contributed by atoms with Crippen molar-refractivity contribution in [1.82, 2.24) is 5.32 Å². The summed E-state index contributed by atoms with van der Waals surface area (Å²) in [6, 6.07) is 0. The van der Waals surface area contributed by atoms with E-state index in [0.29, 0.717) is 12.6 Å². The molecule has 0 aromatic carbocycles. The first-order valence-corrected chi connectivity index (χ1v) is 5.86. The highest BCUT2D eigenvalue weighted by Gasteiger charge is 2.12. The van der Waals surface area contributed by atoms with Crippen molar-refractivity contribution < 1.29 is 9.84 Å². The first-order valence-electron chi connectivity index (χ1n) is 5.86. The Balaban J connectivity index is 1.82. The molecule has 0 aromatic heterocycles. The Labute approximate surface area is 86.8 Å². The molecular formula is C11H23NO2. The molecular weight excluding hydrogens is 178 g/mol. The molecule has 3 nitrogen and oxygen atoms in total. The lowest BCUT2D eigenvalue weighted by molar-refractivity contribution is 0.0272. The van der Waals surface area contributed by atoms with Gasteiger partial charge in [-0.25, -0.2) is 0 Å². The van der Waals surface area contributed by atoms with Crippen LogP contribution in [0.2, 0.25) is 0 Å². The van der Waals surface area contributed by atoms with Gasteiger partial charge in [0.1, 0.15) is 0 Å². The molecule has 0 atom stereocenters. The molecule has 84 valence electrons. The average molecular weight is 201 g/mol. The fourth-order valence-corrected chi connectivity index (χ4v) is 1.88. The molecule has 0 spiro atoms. The SMILES string of the molecule is OCCNCCCOC1CCCCC1. The second kappa shape index (κ2) is 8.21. The number of rotatable bonds is 7. The van der Waals surface area contributed by atoms with E-state index in [1.54, 1.807) is 0 Å². The molecule has 2 N–H and O–H groups in total. The van der Waals surface area contributed by atoms with E-state index < -0.39 is 0 Å². The second-order valence-corrected chi connectivity index (χ2v) is 3.96. The number of nitrogens with one attached hydrogen (secondary N) is 1. The number of hydrogen-bond acceptors (Lipinski definition) is 3. The van der Waals surface area contributed by atoms with Crippen LogP contribution in [0.1, 0.15) is 38.5 Å². The Morgan fingerprint density at radius 2 is 1.93 bits per heavy atom. The average Bonchev–Trinajstić information content (AvgIpc) is 2.25. The summed E-state index contributed by atoms with van der Waals surface area (Å²) in [5.74, 6) is 0. The summed E-state index contributed by atoms with van der Waals surface area (Å²) in [7, 11) is 0. The van der Waals surface area contributed by atoms with E-state index >= 15 is 0 Å². The fourth-order valence-electron chi connectivity index (χ4n) is 1.88. The molecule has 1 aliphatic rings. The molecule has 0 saturated heterocycles. The van der Waals surface area contributed by atoms with Crippen LogP contribution >= 0.6 is 0 Å². The van der Waals surface area contributed by atoms with Crippen LogP contribution in [-0.2, 0) is 4.74 Å². The van der Waals surface area contributed by atoms with Gasteiger partial charge in [0.25, 0.3) is 0 Å². The molecule has 0 bridgehead atoms. The standard InChI is InChI=1S/C11H23NO2/c13-9-8-12-7-4-10-14-11-5-2-1-3-6-11/h11-13H,1-10H2. The molecule has 0 unspecified atom stereocenters. The van der Waals surface area contributed by atoms with Gasteiger partial charge in [0, 0.05) is 13.2 Å². The Morgan fingerprint density at radius 3 is 2.64 bits per heavy atom. The minimum Gasteiger partial charge on any atom is -0.395 e. The van der Waals surface area contributed by atoms with Crippen molar-refractivity contribution in [3.8, 4) is 0 Å². The lowest BCUT2D eigenvalue weighted by atomic mass is 9.98. The van der Waals surface area contributed by atoms with Gasteiger partial charge in [0.15, 0.2) is 0 Å². The summed E-state index contributed by atoms with van der Waals surface area (Å²) in [4.78, 5) is 0. The van der Waals surface area contributed by atoms with Gasteiger partial charge in [-0.1, -0.05) is 19.3 Å². The van der Waals surface area contributed by atoms with Gasteiger partial charge in [0.05, 0.1) is 12.7 Å². The normalized spacial score (nSPS) is 18.6. The highest BCUT2D eigenvalue weighted by Crippen LogP contribution is 2.20. The predicted octanol–water partition coefficient (Wildman–Crippen LogP) is 1.31. The molecule has 0 aliphatic heterocycles. The highest BCUT2D eigenvalue weighted by atomic mass is 16.5. The van der Waals surface area contributed by atoms with Crippen molar-refractivity contribution in [2.75, 3.05) is 26.3 Å². The smallest absolute Gasteiger partial charge is 0.0575 e. The minimum atomic E-state index is 0.226. The quantitative estimate of drug-likeness (QED) is 0.610. The maximum Gasteiger partial charge on any atom is 0.0575 e. The van der Waals surface area contributed by atoms with E-state index in [1.165, 1.54) is 32.1 Å². The zero-order valence-electron chi connectivity index (χ0n) is 9.00. The largest absolute Gasteiger partial charge is 0.395 e. The summed E-state index contributed by atoms with van der Waals surface area (Å²) < 4.78 is 5.76. The van der Waals surface area contributed by atoms with E-state index in [4.69, 9.17) is 9.84 Å². The minimum absolute atomic E-state index is 0.226. The molecule has 1 saturated carbocycles. The van der Waals surface area contributed by atoms with Gasteiger partial charge < -0.3 is 15.2 Å². The van der Waals surface area contributed by atoms with Gasteiger partial charge in [-0.2, -0.15) is 0 Å². The summed E-state index contributed by atoms with van der Waals surface area (Å²) >= 11 is 0. The van der Waals surface area contributed by atoms with Gasteiger partial charge in [0.2, 0.25) is 0 Å². The molecule has 0 amide bonds. The molecule has 0 aromatic rings. The Bertz CT molecular complexity index is 124. The van der Waals surface area contributed by atoms with Crippen LogP contribution in [-0.4, -0.2) is 37.5 Å². The lowest BCUT2D eigenvalue weighted by Gasteiger charge is -2.21. The first kappa shape index (κ1) is 12.0. The summed E-state index contributed by atoms with van der Waals surface area (Å²) in [5, 5.41) is 11.7. The molecule has 1 fully saturated rings. The maximum atomic E-state index is 8.53. The first-order chi connectivity index (χ1) is 6.93. The number of hydrogen-bond donors (Lipinski definition) is 2. The van der Waals surface area contributed by atoms with E-state index in [1.807, 2.05) is 0 Å². The topological polar surface area (TPSA) is 41.5 Å². The predicted molar refractivity (Wildman–Crippen MR) is 57.4 cm³/mol. The van der Waals surface area contributed by atoms with Gasteiger partial charge in [-0.15, -0.1) is 0 Å². The van der Waals surface area contributed by atoms with E-state index in [0.717, 1.165) is 19.6 Å². The summed E-state index contributed by atoms with van der Waals surface area (Å²) in [6.07, 6.45) is 8.16. The highest BCUT2D eigenvalue weighted by molar-refractivity contribution is 4.65. The van der Waals surface area contributed by atoms with E-state index in [9.17, 15) is 0 Å². The van der Waals surface area contributed by atoms with Crippen LogP contribution in [0.5, 0.6) is 0 Å². The molecule has 1 aliphatic carbocycles. The summed E-state index contributed by atoms with van der Waals surface area (Å²) in [5.41, 5.74) is 0. The summed E-state index contributed by atoms with van der Waals surface area (Å²) in [6.45, 7) is 2.74. The number of aliphatic hydroxyl groups excluding tert-OH is 1. The molecule has 3 heteroatoms. The molecule has 14 heavy (non-hydrogen) atoms. The van der Waals surface area contributed by atoms with Crippen LogP contribution < -0.4 is 5.32 Å². The number of aliphatic hydroxyl groups is 1. The van der Waals surface area contributed by atoms with E-state index in [-0.39, 0.29) is 6.61 Å². The van der Waals surface area contributed by atoms with Crippen LogP contribution in [0, 0.1) is 0 Å².